The van der Waals surface area contributed by atoms with Crippen LogP contribution in [-0.4, -0.2) is 45.1 Å². The van der Waals surface area contributed by atoms with Gasteiger partial charge in [-0.25, -0.2) is 0 Å². The maximum Gasteiger partial charge on any atom is 0.277 e. The Labute approximate surface area is 137 Å². The first kappa shape index (κ1) is 15.7. The molecule has 0 atom stereocenters. The monoisotopic (exact) mass is 325 g/mol. The number of aromatic nitrogens is 1. The van der Waals surface area contributed by atoms with Gasteiger partial charge in [-0.1, -0.05) is 12.1 Å². The van der Waals surface area contributed by atoms with E-state index in [1.807, 2.05) is 0 Å². The van der Waals surface area contributed by atoms with Crippen LogP contribution in [0.25, 0.3) is 11.3 Å². The highest BCUT2D eigenvalue weighted by atomic mass is 16.3. The summed E-state index contributed by atoms with van der Waals surface area (Å²) in [5, 5.41) is 21.6. The number of pyridine rings is 1. The first-order valence-corrected chi connectivity index (χ1v) is 7.30. The Morgan fingerprint density at radius 3 is 2.54 bits per heavy atom. The highest BCUT2D eigenvalue weighted by Gasteiger charge is 2.30. The third-order valence-electron chi connectivity index (χ3n) is 3.56. The van der Waals surface area contributed by atoms with Crippen molar-refractivity contribution in [1.29, 1.82) is 0 Å². The number of hydrogen-bond donors (Lipinski definition) is 3. The third-order valence-corrected chi connectivity index (χ3v) is 3.56. The molecule has 2 amide bonds. The lowest BCUT2D eigenvalue weighted by Gasteiger charge is -2.13. The number of nitrogens with one attached hydrogen (secondary N) is 1. The summed E-state index contributed by atoms with van der Waals surface area (Å²) >= 11 is 0. The Morgan fingerprint density at radius 2 is 1.88 bits per heavy atom. The van der Waals surface area contributed by atoms with Gasteiger partial charge >= 0.3 is 0 Å². The summed E-state index contributed by atoms with van der Waals surface area (Å²) in [5.41, 5.74) is 1.96. The van der Waals surface area contributed by atoms with Gasteiger partial charge in [-0.05, 0) is 24.3 Å². The SMILES string of the molecule is O=C1C=C(Nc2ccc(-c3ncccc3O)cc2)C(=O)N1CCO. The fourth-order valence-electron chi connectivity index (χ4n) is 2.40. The number of carbonyl (C=O) groups excluding carboxylic acids is 2. The van der Waals surface area contributed by atoms with Crippen LogP contribution in [0, 0.1) is 0 Å². The van der Waals surface area contributed by atoms with E-state index in [4.69, 9.17) is 5.11 Å². The summed E-state index contributed by atoms with van der Waals surface area (Å²) in [4.78, 5) is 28.9. The predicted octanol–water partition coefficient (Wildman–Crippen LogP) is 1.11. The molecule has 1 aromatic carbocycles. The molecule has 1 aliphatic heterocycles. The second kappa shape index (κ2) is 6.51. The van der Waals surface area contributed by atoms with Gasteiger partial charge in [-0.2, -0.15) is 0 Å². The summed E-state index contributed by atoms with van der Waals surface area (Å²) in [6.45, 7) is -0.307. The van der Waals surface area contributed by atoms with Crippen LogP contribution in [0.4, 0.5) is 5.69 Å². The number of carbonyl (C=O) groups is 2. The normalized spacial score (nSPS) is 14.0. The zero-order valence-electron chi connectivity index (χ0n) is 12.6. The van der Waals surface area contributed by atoms with Crippen LogP contribution in [0.5, 0.6) is 5.75 Å². The van der Waals surface area contributed by atoms with Crippen LogP contribution < -0.4 is 5.32 Å². The number of nitrogens with zero attached hydrogens (tertiary/aromatic N) is 2. The summed E-state index contributed by atoms with van der Waals surface area (Å²) in [6, 6.07) is 10.1. The van der Waals surface area contributed by atoms with E-state index < -0.39 is 11.8 Å². The molecule has 0 saturated carbocycles. The van der Waals surface area contributed by atoms with Gasteiger partial charge in [0, 0.05) is 23.5 Å². The molecule has 24 heavy (non-hydrogen) atoms. The van der Waals surface area contributed by atoms with Crippen molar-refractivity contribution in [2.45, 2.75) is 0 Å². The molecule has 0 radical (unpaired) electrons. The van der Waals surface area contributed by atoms with Crippen LogP contribution in [0.1, 0.15) is 0 Å². The standard InChI is InChI=1S/C17H15N3O4/c21-9-8-20-15(23)10-13(17(20)24)19-12-5-3-11(4-6-12)16-14(22)2-1-7-18-16/h1-7,10,19,21-22H,8-9H2. The zero-order chi connectivity index (χ0) is 17.1. The molecule has 0 bridgehead atoms. The molecular formula is C17H15N3O4. The number of β-amino-alcohol motifs (C(OH)–C–C–N with tert-alkyl or cyclic N) is 1. The molecule has 1 aliphatic rings. The molecule has 0 fully saturated rings. The molecule has 0 aliphatic carbocycles. The van der Waals surface area contributed by atoms with E-state index in [2.05, 4.69) is 10.3 Å². The number of aliphatic hydroxyl groups is 1. The van der Waals surface area contributed by atoms with Gasteiger partial charge < -0.3 is 15.5 Å². The number of rotatable bonds is 5. The molecule has 3 rings (SSSR count). The van der Waals surface area contributed by atoms with Crippen molar-refractivity contribution in [1.82, 2.24) is 9.88 Å². The lowest BCUT2D eigenvalue weighted by Crippen LogP contribution is -2.34. The number of amides is 2. The number of aliphatic hydroxyl groups excluding tert-OH is 1. The van der Waals surface area contributed by atoms with E-state index in [1.165, 1.54) is 6.08 Å². The van der Waals surface area contributed by atoms with Crippen molar-refractivity contribution in [2.24, 2.45) is 0 Å². The second-order valence-electron chi connectivity index (χ2n) is 5.15. The first-order valence-electron chi connectivity index (χ1n) is 7.30. The molecule has 0 saturated heterocycles. The molecule has 1 aromatic heterocycles. The van der Waals surface area contributed by atoms with E-state index >= 15 is 0 Å². The lowest BCUT2D eigenvalue weighted by molar-refractivity contribution is -0.137. The van der Waals surface area contributed by atoms with Crippen molar-refractivity contribution in [3.05, 3.63) is 54.4 Å². The van der Waals surface area contributed by atoms with Gasteiger partial charge in [0.05, 0.1) is 13.2 Å². The maximum atomic E-state index is 12.1. The fourth-order valence-corrected chi connectivity index (χ4v) is 2.40. The smallest absolute Gasteiger partial charge is 0.277 e. The number of imide groups is 1. The van der Waals surface area contributed by atoms with Gasteiger partial charge in [0.1, 0.15) is 17.1 Å². The Bertz CT molecular complexity index is 815. The third kappa shape index (κ3) is 2.97. The molecule has 0 spiro atoms. The number of benzene rings is 1. The predicted molar refractivity (Wildman–Crippen MR) is 86.8 cm³/mol. The molecule has 0 unspecified atom stereocenters. The lowest BCUT2D eigenvalue weighted by atomic mass is 10.1. The summed E-state index contributed by atoms with van der Waals surface area (Å²) in [7, 11) is 0. The Balaban J connectivity index is 1.76. The fraction of sp³-hybridized carbons (Fsp3) is 0.118. The summed E-state index contributed by atoms with van der Waals surface area (Å²) in [6.07, 6.45) is 2.79. The highest BCUT2D eigenvalue weighted by Crippen LogP contribution is 2.27. The van der Waals surface area contributed by atoms with Gasteiger partial charge in [-0.3, -0.25) is 19.5 Å². The van der Waals surface area contributed by atoms with Crippen molar-refractivity contribution in [3.8, 4) is 17.0 Å². The molecular weight excluding hydrogens is 310 g/mol. The van der Waals surface area contributed by atoms with Crippen LogP contribution in [-0.2, 0) is 9.59 Å². The quantitative estimate of drug-likeness (QED) is 0.712. The Kier molecular flexibility index (Phi) is 4.26. The van der Waals surface area contributed by atoms with Crippen LogP contribution in [0.15, 0.2) is 54.4 Å². The minimum atomic E-state index is -0.472. The van der Waals surface area contributed by atoms with Crippen molar-refractivity contribution in [2.75, 3.05) is 18.5 Å². The van der Waals surface area contributed by atoms with E-state index in [0.717, 1.165) is 10.5 Å². The van der Waals surface area contributed by atoms with Gasteiger partial charge in [0.2, 0.25) is 0 Å². The number of hydrogen-bond acceptors (Lipinski definition) is 6. The Morgan fingerprint density at radius 1 is 1.12 bits per heavy atom. The van der Waals surface area contributed by atoms with Crippen molar-refractivity contribution >= 4 is 17.5 Å². The molecule has 7 heteroatoms. The van der Waals surface area contributed by atoms with E-state index in [1.54, 1.807) is 42.6 Å². The zero-order valence-corrected chi connectivity index (χ0v) is 12.6. The van der Waals surface area contributed by atoms with Crippen LogP contribution in [0.2, 0.25) is 0 Å². The van der Waals surface area contributed by atoms with Gasteiger partial charge in [0.15, 0.2) is 0 Å². The maximum absolute atomic E-state index is 12.1. The van der Waals surface area contributed by atoms with Crippen molar-refractivity contribution < 1.29 is 19.8 Å². The molecule has 2 aromatic rings. The minimum absolute atomic E-state index is 0.0305. The second-order valence-corrected chi connectivity index (χ2v) is 5.15. The molecule has 7 nitrogen and oxygen atoms in total. The van der Waals surface area contributed by atoms with E-state index in [0.29, 0.717) is 11.4 Å². The minimum Gasteiger partial charge on any atom is -0.506 e. The van der Waals surface area contributed by atoms with E-state index in [-0.39, 0.29) is 24.6 Å². The summed E-state index contributed by atoms with van der Waals surface area (Å²) < 4.78 is 0. The summed E-state index contributed by atoms with van der Waals surface area (Å²) in [5.74, 6) is -0.843. The average Bonchev–Trinajstić information content (AvgIpc) is 2.84. The Hall–Kier alpha value is -3.19. The average molecular weight is 325 g/mol. The topological polar surface area (TPSA) is 103 Å². The van der Waals surface area contributed by atoms with Crippen LogP contribution >= 0.6 is 0 Å². The van der Waals surface area contributed by atoms with Crippen molar-refractivity contribution in [3.63, 3.8) is 0 Å². The number of anilines is 1. The van der Waals surface area contributed by atoms with Crippen LogP contribution in [0.3, 0.4) is 0 Å². The largest absolute Gasteiger partial charge is 0.506 e. The van der Waals surface area contributed by atoms with E-state index in [9.17, 15) is 14.7 Å². The molecule has 122 valence electrons. The van der Waals surface area contributed by atoms with Gasteiger partial charge in [-0.15, -0.1) is 0 Å². The van der Waals surface area contributed by atoms with Gasteiger partial charge in [0.25, 0.3) is 11.8 Å². The first-order chi connectivity index (χ1) is 11.6. The highest BCUT2D eigenvalue weighted by molar-refractivity contribution is 6.17. The molecule has 2 heterocycles. The number of aromatic hydroxyl groups is 1. The molecule has 3 N–H and O–H groups in total.